The molecule has 18 heavy (non-hydrogen) atoms. The lowest BCUT2D eigenvalue weighted by Gasteiger charge is -2.09. The molecule has 2 rings (SSSR count). The SMILES string of the molecule is Nc1ccn(CC(=O)NCCCC2CCCC2)n1. The Bertz CT molecular complexity index is 382. The van der Waals surface area contributed by atoms with E-state index in [1.807, 2.05) is 0 Å². The van der Waals surface area contributed by atoms with Crippen LogP contribution in [0.4, 0.5) is 5.82 Å². The Hall–Kier alpha value is -1.52. The number of nitrogens with one attached hydrogen (secondary N) is 1. The highest BCUT2D eigenvalue weighted by Crippen LogP contribution is 2.28. The second-order valence-electron chi connectivity index (χ2n) is 5.08. The summed E-state index contributed by atoms with van der Waals surface area (Å²) in [5.74, 6) is 1.35. The average Bonchev–Trinajstić information content (AvgIpc) is 2.96. The summed E-state index contributed by atoms with van der Waals surface area (Å²) in [7, 11) is 0. The number of carbonyl (C=O) groups excluding carboxylic acids is 1. The Balaban J connectivity index is 1.57. The van der Waals surface area contributed by atoms with E-state index in [1.54, 1.807) is 16.9 Å². The Morgan fingerprint density at radius 3 is 2.94 bits per heavy atom. The quantitative estimate of drug-likeness (QED) is 0.752. The molecule has 1 aliphatic rings. The summed E-state index contributed by atoms with van der Waals surface area (Å²) in [5, 5.41) is 6.90. The number of nitrogens with two attached hydrogens (primary N) is 1. The van der Waals surface area contributed by atoms with Crippen LogP contribution in [0.15, 0.2) is 12.3 Å². The molecule has 0 spiro atoms. The molecule has 5 heteroatoms. The molecule has 3 N–H and O–H groups in total. The second-order valence-corrected chi connectivity index (χ2v) is 5.08. The third-order valence-electron chi connectivity index (χ3n) is 3.55. The largest absolute Gasteiger partial charge is 0.382 e. The molecule has 0 atom stereocenters. The lowest BCUT2D eigenvalue weighted by atomic mass is 10.0. The summed E-state index contributed by atoms with van der Waals surface area (Å²) in [4.78, 5) is 11.6. The van der Waals surface area contributed by atoms with Crippen LogP contribution >= 0.6 is 0 Å². The molecule has 0 unspecified atom stereocenters. The standard InChI is InChI=1S/C13H22N4O/c14-12-7-9-17(16-12)10-13(18)15-8-3-6-11-4-1-2-5-11/h7,9,11H,1-6,8,10H2,(H2,14,16)(H,15,18). The normalized spacial score (nSPS) is 16.0. The minimum Gasteiger partial charge on any atom is -0.382 e. The number of anilines is 1. The van der Waals surface area contributed by atoms with E-state index >= 15 is 0 Å². The van der Waals surface area contributed by atoms with Gasteiger partial charge in [0.25, 0.3) is 0 Å². The van der Waals surface area contributed by atoms with Gasteiger partial charge in [-0.3, -0.25) is 9.48 Å². The van der Waals surface area contributed by atoms with E-state index in [9.17, 15) is 4.79 Å². The first-order valence-electron chi connectivity index (χ1n) is 6.79. The van der Waals surface area contributed by atoms with Crippen LogP contribution in [0.3, 0.4) is 0 Å². The fourth-order valence-corrected chi connectivity index (χ4v) is 2.59. The van der Waals surface area contributed by atoms with Gasteiger partial charge in [0.2, 0.25) is 5.91 Å². The van der Waals surface area contributed by atoms with E-state index < -0.39 is 0 Å². The number of nitrogens with zero attached hydrogens (tertiary/aromatic N) is 2. The van der Waals surface area contributed by atoms with Gasteiger partial charge in [0.05, 0.1) is 0 Å². The third-order valence-corrected chi connectivity index (χ3v) is 3.55. The number of amides is 1. The molecule has 1 heterocycles. The maximum atomic E-state index is 11.6. The highest BCUT2D eigenvalue weighted by atomic mass is 16.2. The first-order chi connectivity index (χ1) is 8.74. The summed E-state index contributed by atoms with van der Waals surface area (Å²) in [6.07, 6.45) is 9.57. The van der Waals surface area contributed by atoms with Crippen molar-refractivity contribution in [2.75, 3.05) is 12.3 Å². The molecule has 1 fully saturated rings. The maximum absolute atomic E-state index is 11.6. The van der Waals surface area contributed by atoms with Crippen LogP contribution in [0.1, 0.15) is 38.5 Å². The highest BCUT2D eigenvalue weighted by Gasteiger charge is 2.14. The Kier molecular flexibility index (Phi) is 4.61. The Morgan fingerprint density at radius 2 is 2.28 bits per heavy atom. The predicted molar refractivity (Wildman–Crippen MR) is 70.8 cm³/mol. The summed E-state index contributed by atoms with van der Waals surface area (Å²) >= 11 is 0. The van der Waals surface area contributed by atoms with Crippen molar-refractivity contribution in [2.24, 2.45) is 5.92 Å². The maximum Gasteiger partial charge on any atom is 0.241 e. The van der Waals surface area contributed by atoms with Gasteiger partial charge < -0.3 is 11.1 Å². The fourth-order valence-electron chi connectivity index (χ4n) is 2.59. The zero-order valence-electron chi connectivity index (χ0n) is 10.8. The minimum absolute atomic E-state index is 0.00419. The van der Waals surface area contributed by atoms with Gasteiger partial charge in [-0.15, -0.1) is 0 Å². The molecule has 5 nitrogen and oxygen atoms in total. The summed E-state index contributed by atoms with van der Waals surface area (Å²) in [5.41, 5.74) is 5.48. The lowest BCUT2D eigenvalue weighted by Crippen LogP contribution is -2.28. The van der Waals surface area contributed by atoms with E-state index in [2.05, 4.69) is 10.4 Å². The molecule has 1 saturated carbocycles. The zero-order valence-corrected chi connectivity index (χ0v) is 10.8. The molecule has 0 saturated heterocycles. The van der Waals surface area contributed by atoms with Gasteiger partial charge in [0.15, 0.2) is 0 Å². The molecule has 0 aliphatic heterocycles. The number of carbonyl (C=O) groups is 1. The highest BCUT2D eigenvalue weighted by molar-refractivity contribution is 5.75. The van der Waals surface area contributed by atoms with Gasteiger partial charge in [0, 0.05) is 12.7 Å². The zero-order chi connectivity index (χ0) is 12.8. The van der Waals surface area contributed by atoms with Gasteiger partial charge in [-0.05, 0) is 24.8 Å². The number of nitrogen functional groups attached to an aromatic ring is 1. The summed E-state index contributed by atoms with van der Waals surface area (Å²) in [6.45, 7) is 1.02. The molecule has 100 valence electrons. The van der Waals surface area contributed by atoms with E-state index in [-0.39, 0.29) is 12.5 Å². The van der Waals surface area contributed by atoms with Gasteiger partial charge in [-0.1, -0.05) is 25.7 Å². The van der Waals surface area contributed by atoms with Crippen LogP contribution in [-0.4, -0.2) is 22.2 Å². The van der Waals surface area contributed by atoms with Crippen LogP contribution in [0, 0.1) is 5.92 Å². The van der Waals surface area contributed by atoms with Crippen molar-refractivity contribution in [3.63, 3.8) is 0 Å². The van der Waals surface area contributed by atoms with Crippen LogP contribution in [0.25, 0.3) is 0 Å². The smallest absolute Gasteiger partial charge is 0.241 e. The molecule has 1 aromatic rings. The molecular weight excluding hydrogens is 228 g/mol. The van der Waals surface area contributed by atoms with Gasteiger partial charge in [-0.2, -0.15) is 5.10 Å². The lowest BCUT2D eigenvalue weighted by molar-refractivity contribution is -0.121. The minimum atomic E-state index is 0.00419. The molecule has 0 radical (unpaired) electrons. The summed E-state index contributed by atoms with van der Waals surface area (Å²) < 4.78 is 1.56. The monoisotopic (exact) mass is 250 g/mol. The fraction of sp³-hybridized carbons (Fsp3) is 0.692. The molecular formula is C13H22N4O. The van der Waals surface area contributed by atoms with Gasteiger partial charge >= 0.3 is 0 Å². The van der Waals surface area contributed by atoms with Crippen molar-refractivity contribution >= 4 is 11.7 Å². The van der Waals surface area contributed by atoms with Crippen molar-refractivity contribution in [3.8, 4) is 0 Å². The first-order valence-corrected chi connectivity index (χ1v) is 6.79. The van der Waals surface area contributed by atoms with Gasteiger partial charge in [-0.25, -0.2) is 0 Å². The molecule has 1 amide bonds. The van der Waals surface area contributed by atoms with Crippen LogP contribution in [0.5, 0.6) is 0 Å². The third kappa shape index (κ3) is 4.05. The first kappa shape index (κ1) is 12.9. The van der Waals surface area contributed by atoms with Crippen molar-refractivity contribution in [2.45, 2.75) is 45.1 Å². The molecule has 1 aliphatic carbocycles. The summed E-state index contributed by atoms with van der Waals surface area (Å²) in [6, 6.07) is 1.69. The predicted octanol–water partition coefficient (Wildman–Crippen LogP) is 1.55. The van der Waals surface area contributed by atoms with Crippen LogP contribution < -0.4 is 11.1 Å². The van der Waals surface area contributed by atoms with Crippen LogP contribution in [0.2, 0.25) is 0 Å². The molecule has 0 bridgehead atoms. The average molecular weight is 250 g/mol. The Morgan fingerprint density at radius 1 is 1.50 bits per heavy atom. The van der Waals surface area contributed by atoms with E-state index in [4.69, 9.17) is 5.73 Å². The van der Waals surface area contributed by atoms with Crippen molar-refractivity contribution in [1.29, 1.82) is 0 Å². The Labute approximate surface area is 108 Å². The number of rotatable bonds is 6. The van der Waals surface area contributed by atoms with Crippen molar-refractivity contribution in [1.82, 2.24) is 15.1 Å². The second kappa shape index (κ2) is 6.42. The number of hydrogen-bond donors (Lipinski definition) is 2. The van der Waals surface area contributed by atoms with E-state index in [0.29, 0.717) is 5.82 Å². The van der Waals surface area contributed by atoms with Gasteiger partial charge in [0.1, 0.15) is 12.4 Å². The number of hydrogen-bond acceptors (Lipinski definition) is 3. The molecule has 0 aromatic carbocycles. The number of aromatic nitrogens is 2. The topological polar surface area (TPSA) is 72.9 Å². The van der Waals surface area contributed by atoms with Crippen molar-refractivity contribution in [3.05, 3.63) is 12.3 Å². The van der Waals surface area contributed by atoms with Crippen LogP contribution in [-0.2, 0) is 11.3 Å². The molecule has 1 aromatic heterocycles. The van der Waals surface area contributed by atoms with E-state index in [1.165, 1.54) is 32.1 Å². The van der Waals surface area contributed by atoms with E-state index in [0.717, 1.165) is 18.9 Å². The van der Waals surface area contributed by atoms with Crippen molar-refractivity contribution < 1.29 is 4.79 Å².